The lowest BCUT2D eigenvalue weighted by Crippen LogP contribution is -2.47. The van der Waals surface area contributed by atoms with Gasteiger partial charge in [-0.2, -0.15) is 0 Å². The maximum Gasteiger partial charge on any atom is 0.279 e. The van der Waals surface area contributed by atoms with Crippen molar-refractivity contribution < 1.29 is 32.3 Å². The van der Waals surface area contributed by atoms with Crippen molar-refractivity contribution in [2.75, 3.05) is 20.8 Å². The number of amides is 2. The van der Waals surface area contributed by atoms with Crippen LogP contribution in [0.4, 0.5) is 0 Å². The molecule has 2 aromatic rings. The van der Waals surface area contributed by atoms with Crippen molar-refractivity contribution in [3.05, 3.63) is 54.1 Å². The van der Waals surface area contributed by atoms with Crippen LogP contribution in [0.1, 0.15) is 24.2 Å². The highest BCUT2D eigenvalue weighted by Crippen LogP contribution is 2.18. The number of hydrogen-bond donors (Lipinski definition) is 2. The molecule has 1 atom stereocenters. The third-order valence-electron chi connectivity index (χ3n) is 4.13. The molecule has 2 rings (SSSR count). The molecule has 0 spiro atoms. The van der Waals surface area contributed by atoms with Gasteiger partial charge in [0.25, 0.3) is 21.8 Å². The van der Waals surface area contributed by atoms with Gasteiger partial charge in [0, 0.05) is 12.6 Å². The van der Waals surface area contributed by atoms with Gasteiger partial charge in [-0.3, -0.25) is 25.3 Å². The molecule has 31 heavy (non-hydrogen) atoms. The highest BCUT2D eigenvalue weighted by atomic mass is 32.2. The number of hydrogen-bond acceptors (Lipinski definition) is 7. The highest BCUT2D eigenvalue weighted by Gasteiger charge is 2.21. The summed E-state index contributed by atoms with van der Waals surface area (Å²) in [6.45, 7) is 3.95. The van der Waals surface area contributed by atoms with E-state index in [1.165, 1.54) is 45.3 Å². The van der Waals surface area contributed by atoms with E-state index >= 15 is 0 Å². The van der Waals surface area contributed by atoms with E-state index < -0.39 is 27.9 Å². The molecular formula is C20H25N3O7S. The summed E-state index contributed by atoms with van der Waals surface area (Å²) in [4.78, 5) is 29.0. The second-order valence-electron chi connectivity index (χ2n) is 6.23. The van der Waals surface area contributed by atoms with Gasteiger partial charge in [0.1, 0.15) is 11.5 Å². The molecule has 0 radical (unpaired) electrons. The Hall–Kier alpha value is -3.15. The molecule has 0 aromatic heterocycles. The topological polar surface area (TPSA) is 123 Å². The van der Waals surface area contributed by atoms with E-state index in [-0.39, 0.29) is 10.5 Å². The molecule has 0 bridgehead atoms. The number of nitrogens with one attached hydrogen (secondary N) is 2. The fraction of sp³-hybridized carbons (Fsp3) is 0.300. The predicted molar refractivity (Wildman–Crippen MR) is 112 cm³/mol. The van der Waals surface area contributed by atoms with Crippen LogP contribution in [0.15, 0.2) is 53.4 Å². The first-order valence-electron chi connectivity index (χ1n) is 9.31. The first kappa shape index (κ1) is 24.1. The molecule has 2 N–H and O–H groups in total. The Morgan fingerprint density at radius 3 is 2.13 bits per heavy atom. The van der Waals surface area contributed by atoms with Gasteiger partial charge >= 0.3 is 0 Å². The number of sulfonamides is 1. The molecule has 2 aromatic carbocycles. The molecule has 10 nitrogen and oxygen atoms in total. The zero-order chi connectivity index (χ0) is 23.0. The zero-order valence-corrected chi connectivity index (χ0v) is 18.4. The summed E-state index contributed by atoms with van der Waals surface area (Å²) in [5.41, 5.74) is 4.68. The molecule has 168 valence electrons. The summed E-state index contributed by atoms with van der Waals surface area (Å²) in [7, 11) is -1.34. The maximum absolute atomic E-state index is 12.2. The van der Waals surface area contributed by atoms with Gasteiger partial charge in [-0.15, -0.1) is 0 Å². The van der Waals surface area contributed by atoms with Gasteiger partial charge in [-0.1, -0.05) is 4.47 Å². The molecule has 0 saturated heterocycles. The Morgan fingerprint density at radius 1 is 1.00 bits per heavy atom. The van der Waals surface area contributed by atoms with Crippen molar-refractivity contribution in [3.8, 4) is 11.5 Å². The van der Waals surface area contributed by atoms with Crippen LogP contribution in [0.5, 0.6) is 11.5 Å². The Balaban J connectivity index is 1.90. The van der Waals surface area contributed by atoms with Gasteiger partial charge in [0.15, 0.2) is 6.10 Å². The van der Waals surface area contributed by atoms with Gasteiger partial charge in [-0.25, -0.2) is 8.42 Å². The van der Waals surface area contributed by atoms with Crippen molar-refractivity contribution in [2.24, 2.45) is 0 Å². The van der Waals surface area contributed by atoms with Crippen molar-refractivity contribution in [2.45, 2.75) is 24.8 Å². The fourth-order valence-electron chi connectivity index (χ4n) is 2.36. The zero-order valence-electron chi connectivity index (χ0n) is 17.6. The van der Waals surface area contributed by atoms with Crippen LogP contribution in [-0.4, -0.2) is 51.6 Å². The van der Waals surface area contributed by atoms with Gasteiger partial charge in [0.05, 0.1) is 18.6 Å². The number of nitrogens with zero attached hydrogens (tertiary/aromatic N) is 1. The molecule has 0 aliphatic heterocycles. The van der Waals surface area contributed by atoms with E-state index in [1.54, 1.807) is 24.3 Å². The average molecular weight is 452 g/mol. The smallest absolute Gasteiger partial charge is 0.279 e. The lowest BCUT2D eigenvalue weighted by Gasteiger charge is -2.16. The number of rotatable bonds is 9. The summed E-state index contributed by atoms with van der Waals surface area (Å²) in [5, 5.41) is 0. The predicted octanol–water partition coefficient (Wildman–Crippen LogP) is 1.50. The first-order chi connectivity index (χ1) is 14.7. The summed E-state index contributed by atoms with van der Waals surface area (Å²) in [5.74, 6) is -0.0315. The second-order valence-corrected chi connectivity index (χ2v) is 8.17. The Morgan fingerprint density at radius 2 is 1.58 bits per heavy atom. The third kappa shape index (κ3) is 6.41. The standard InChI is InChI=1S/C20H25N3O7S/c1-5-29-16-8-10-17(11-9-16)30-14(2)19(24)21-22-20(25)15-6-12-18(13-7-15)31(26,27)23(3)28-4/h6-14H,5H2,1-4H3,(H,21,24)(H,22,25)/t14-/m0/s1. The minimum atomic E-state index is -3.82. The fourth-order valence-corrected chi connectivity index (χ4v) is 3.33. The minimum Gasteiger partial charge on any atom is -0.494 e. The molecular weight excluding hydrogens is 426 g/mol. The van der Waals surface area contributed by atoms with Crippen LogP contribution in [0, 0.1) is 0 Å². The molecule has 0 unspecified atom stereocenters. The SMILES string of the molecule is CCOc1ccc(O[C@@H](C)C(=O)NNC(=O)c2ccc(S(=O)(=O)N(C)OC)cc2)cc1. The average Bonchev–Trinajstić information content (AvgIpc) is 2.78. The molecule has 0 saturated carbocycles. The van der Waals surface area contributed by atoms with Crippen molar-refractivity contribution in [1.29, 1.82) is 0 Å². The van der Waals surface area contributed by atoms with Gasteiger partial charge < -0.3 is 9.47 Å². The van der Waals surface area contributed by atoms with Crippen LogP contribution in [-0.2, 0) is 19.7 Å². The van der Waals surface area contributed by atoms with Crippen LogP contribution < -0.4 is 20.3 Å². The number of carbonyl (C=O) groups is 2. The Kier molecular flexibility index (Phi) is 8.37. The normalized spacial score (nSPS) is 12.2. The highest BCUT2D eigenvalue weighted by molar-refractivity contribution is 7.89. The lowest BCUT2D eigenvalue weighted by molar-refractivity contribution is -0.128. The van der Waals surface area contributed by atoms with Crippen molar-refractivity contribution in [3.63, 3.8) is 0 Å². The number of hydrazine groups is 1. The van der Waals surface area contributed by atoms with E-state index in [9.17, 15) is 18.0 Å². The minimum absolute atomic E-state index is 0.0465. The summed E-state index contributed by atoms with van der Waals surface area (Å²) >= 11 is 0. The summed E-state index contributed by atoms with van der Waals surface area (Å²) in [6, 6.07) is 11.9. The number of ether oxygens (including phenoxy) is 2. The summed E-state index contributed by atoms with van der Waals surface area (Å²) < 4.78 is 35.9. The van der Waals surface area contributed by atoms with Crippen molar-refractivity contribution in [1.82, 2.24) is 15.3 Å². The molecule has 0 aliphatic rings. The number of hydroxylamine groups is 1. The van der Waals surface area contributed by atoms with Crippen LogP contribution in [0.2, 0.25) is 0 Å². The van der Waals surface area contributed by atoms with Gasteiger partial charge in [0.2, 0.25) is 0 Å². The van der Waals surface area contributed by atoms with E-state index in [1.807, 2.05) is 6.92 Å². The Labute approximate surface area is 181 Å². The molecule has 11 heteroatoms. The van der Waals surface area contributed by atoms with E-state index in [2.05, 4.69) is 10.9 Å². The molecule has 0 heterocycles. The molecule has 2 amide bonds. The summed E-state index contributed by atoms with van der Waals surface area (Å²) in [6.07, 6.45) is -0.879. The quantitative estimate of drug-likeness (QED) is 0.554. The molecule has 0 fully saturated rings. The largest absolute Gasteiger partial charge is 0.494 e. The maximum atomic E-state index is 12.2. The third-order valence-corrected chi connectivity index (χ3v) is 5.82. The van der Waals surface area contributed by atoms with Crippen LogP contribution >= 0.6 is 0 Å². The van der Waals surface area contributed by atoms with E-state index in [4.69, 9.17) is 14.3 Å². The first-order valence-corrected chi connectivity index (χ1v) is 10.8. The van der Waals surface area contributed by atoms with E-state index in [0.29, 0.717) is 22.6 Å². The lowest BCUT2D eigenvalue weighted by atomic mass is 10.2. The molecule has 0 aliphatic carbocycles. The second kappa shape index (κ2) is 10.8. The van der Waals surface area contributed by atoms with Crippen LogP contribution in [0.3, 0.4) is 0 Å². The Bertz CT molecular complexity index is 992. The number of carbonyl (C=O) groups excluding carboxylic acids is 2. The van der Waals surface area contributed by atoms with Crippen LogP contribution in [0.25, 0.3) is 0 Å². The number of benzene rings is 2. The monoisotopic (exact) mass is 451 g/mol. The van der Waals surface area contributed by atoms with Crippen molar-refractivity contribution >= 4 is 21.8 Å². The van der Waals surface area contributed by atoms with E-state index in [0.717, 1.165) is 0 Å². The van der Waals surface area contributed by atoms with Gasteiger partial charge in [-0.05, 0) is 62.4 Å².